The molecule has 1 rings (SSSR count). The highest BCUT2D eigenvalue weighted by Gasteiger charge is 2.37. The number of carbonyl (C=O) groups is 2. The second-order valence-corrected chi connectivity index (χ2v) is 7.58. The van der Waals surface area contributed by atoms with Crippen LogP contribution in [0.3, 0.4) is 0 Å². The minimum Gasteiger partial charge on any atom is -0.465 e. The van der Waals surface area contributed by atoms with Crippen LogP contribution in [0.5, 0.6) is 0 Å². The first-order valence-corrected chi connectivity index (χ1v) is 11.3. The van der Waals surface area contributed by atoms with E-state index in [0.29, 0.717) is 13.2 Å². The van der Waals surface area contributed by atoms with Gasteiger partial charge in [0, 0.05) is 0 Å². The standard InChI is InChI=1S/C24H40O4/c1-3-5-7-9-11-15-19-27-23(25)21-17-13-14-18-22(21)24(26)28-20-16-12-10-8-6-4-2/h5-8,21-22H,3-4,9-20H2,1-2H3/b7-5+,8-6+. The predicted octanol–water partition coefficient (Wildman–Crippen LogP) is 6.15. The Balaban J connectivity index is 2.28. The van der Waals surface area contributed by atoms with Crippen LogP contribution in [-0.4, -0.2) is 25.2 Å². The summed E-state index contributed by atoms with van der Waals surface area (Å²) < 4.78 is 10.9. The molecule has 4 heteroatoms. The molecule has 0 heterocycles. The summed E-state index contributed by atoms with van der Waals surface area (Å²) in [6.45, 7) is 5.13. The fourth-order valence-electron chi connectivity index (χ4n) is 3.55. The van der Waals surface area contributed by atoms with Crippen LogP contribution in [0.25, 0.3) is 0 Å². The lowest BCUT2D eigenvalue weighted by Crippen LogP contribution is -2.35. The summed E-state index contributed by atoms with van der Waals surface area (Å²) in [5.41, 5.74) is 0. The van der Waals surface area contributed by atoms with Crippen LogP contribution in [0.15, 0.2) is 24.3 Å². The molecule has 0 aromatic heterocycles. The molecule has 0 saturated heterocycles. The number of rotatable bonds is 14. The molecule has 4 nitrogen and oxygen atoms in total. The molecule has 0 amide bonds. The maximum atomic E-state index is 12.5. The Labute approximate surface area is 171 Å². The van der Waals surface area contributed by atoms with Gasteiger partial charge < -0.3 is 9.47 Å². The smallest absolute Gasteiger partial charge is 0.309 e. The zero-order valence-electron chi connectivity index (χ0n) is 18.0. The van der Waals surface area contributed by atoms with Crippen LogP contribution in [0.4, 0.5) is 0 Å². The Morgan fingerprint density at radius 2 is 1.14 bits per heavy atom. The van der Waals surface area contributed by atoms with Crippen molar-refractivity contribution in [3.63, 3.8) is 0 Å². The summed E-state index contributed by atoms with van der Waals surface area (Å²) in [6, 6.07) is 0. The lowest BCUT2D eigenvalue weighted by Gasteiger charge is -2.28. The van der Waals surface area contributed by atoms with Gasteiger partial charge in [0.25, 0.3) is 0 Å². The normalized spacial score (nSPS) is 19.9. The van der Waals surface area contributed by atoms with Gasteiger partial charge in [0.2, 0.25) is 0 Å². The third kappa shape index (κ3) is 10.7. The molecule has 1 saturated carbocycles. The van der Waals surface area contributed by atoms with E-state index in [9.17, 15) is 9.59 Å². The highest BCUT2D eigenvalue weighted by Crippen LogP contribution is 2.32. The maximum absolute atomic E-state index is 12.5. The molecule has 2 unspecified atom stereocenters. The molecule has 0 N–H and O–H groups in total. The Bertz CT molecular complexity index is 437. The van der Waals surface area contributed by atoms with Crippen molar-refractivity contribution in [1.29, 1.82) is 0 Å². The summed E-state index contributed by atoms with van der Waals surface area (Å²) in [7, 11) is 0. The van der Waals surface area contributed by atoms with Gasteiger partial charge in [-0.3, -0.25) is 9.59 Å². The van der Waals surface area contributed by atoms with Crippen molar-refractivity contribution in [2.75, 3.05) is 13.2 Å². The average Bonchev–Trinajstić information content (AvgIpc) is 2.72. The van der Waals surface area contributed by atoms with Crippen molar-refractivity contribution >= 4 is 11.9 Å². The van der Waals surface area contributed by atoms with E-state index in [1.807, 2.05) is 0 Å². The highest BCUT2D eigenvalue weighted by atomic mass is 16.5. The fourth-order valence-corrected chi connectivity index (χ4v) is 3.55. The Morgan fingerprint density at radius 1 is 0.714 bits per heavy atom. The summed E-state index contributed by atoms with van der Waals surface area (Å²) in [5.74, 6) is -1.08. The molecule has 1 aliphatic rings. The molecular formula is C24H40O4. The van der Waals surface area contributed by atoms with Gasteiger partial charge in [0.1, 0.15) is 0 Å². The number of hydrogen-bond acceptors (Lipinski definition) is 4. The quantitative estimate of drug-likeness (QED) is 0.202. The minimum absolute atomic E-state index is 0.213. The summed E-state index contributed by atoms with van der Waals surface area (Å²) in [5, 5.41) is 0. The second kappa shape index (κ2) is 16.4. The van der Waals surface area contributed by atoms with Gasteiger partial charge in [-0.15, -0.1) is 0 Å². The molecule has 0 bridgehead atoms. The summed E-state index contributed by atoms with van der Waals surface area (Å²) in [4.78, 5) is 24.9. The SMILES string of the molecule is CC/C=C/CCCCOC(=O)C1CCCCC1C(=O)OCCCC/C=C/CC. The monoisotopic (exact) mass is 392 g/mol. The van der Waals surface area contributed by atoms with Crippen molar-refractivity contribution in [2.45, 2.75) is 90.9 Å². The van der Waals surface area contributed by atoms with Gasteiger partial charge >= 0.3 is 11.9 Å². The van der Waals surface area contributed by atoms with Gasteiger partial charge in [-0.05, 0) is 64.2 Å². The number of ether oxygens (including phenoxy) is 2. The zero-order chi connectivity index (χ0) is 20.5. The van der Waals surface area contributed by atoms with E-state index in [-0.39, 0.29) is 23.8 Å². The first-order valence-electron chi connectivity index (χ1n) is 11.3. The van der Waals surface area contributed by atoms with E-state index in [0.717, 1.165) is 77.0 Å². The first kappa shape index (κ1) is 24.5. The Kier molecular flexibility index (Phi) is 14.3. The van der Waals surface area contributed by atoms with E-state index in [2.05, 4.69) is 38.2 Å². The first-order chi connectivity index (χ1) is 13.7. The number of esters is 2. The fraction of sp³-hybridized carbons (Fsp3) is 0.750. The van der Waals surface area contributed by atoms with Gasteiger partial charge in [0.15, 0.2) is 0 Å². The van der Waals surface area contributed by atoms with Crippen LogP contribution >= 0.6 is 0 Å². The highest BCUT2D eigenvalue weighted by molar-refractivity contribution is 5.82. The third-order valence-corrected chi connectivity index (χ3v) is 5.20. The van der Waals surface area contributed by atoms with E-state index in [1.54, 1.807) is 0 Å². The topological polar surface area (TPSA) is 52.6 Å². The summed E-state index contributed by atoms with van der Waals surface area (Å²) >= 11 is 0. The third-order valence-electron chi connectivity index (χ3n) is 5.20. The molecule has 0 aliphatic heterocycles. The molecule has 28 heavy (non-hydrogen) atoms. The Morgan fingerprint density at radius 3 is 1.54 bits per heavy atom. The van der Waals surface area contributed by atoms with Gasteiger partial charge in [-0.1, -0.05) is 51.0 Å². The van der Waals surface area contributed by atoms with Gasteiger partial charge in [0.05, 0.1) is 25.0 Å². The molecule has 0 spiro atoms. The van der Waals surface area contributed by atoms with Crippen LogP contribution < -0.4 is 0 Å². The van der Waals surface area contributed by atoms with Crippen molar-refractivity contribution < 1.29 is 19.1 Å². The molecule has 160 valence electrons. The lowest BCUT2D eigenvalue weighted by atomic mass is 9.79. The minimum atomic E-state index is -0.325. The number of unbranched alkanes of at least 4 members (excludes halogenated alkanes) is 4. The van der Waals surface area contributed by atoms with E-state index in [1.165, 1.54) is 0 Å². The second-order valence-electron chi connectivity index (χ2n) is 7.58. The van der Waals surface area contributed by atoms with E-state index >= 15 is 0 Å². The zero-order valence-corrected chi connectivity index (χ0v) is 18.0. The van der Waals surface area contributed by atoms with Crippen molar-refractivity contribution in [3.05, 3.63) is 24.3 Å². The number of allylic oxidation sites excluding steroid dienone is 4. The van der Waals surface area contributed by atoms with Crippen LogP contribution in [0.2, 0.25) is 0 Å². The molecule has 0 radical (unpaired) electrons. The van der Waals surface area contributed by atoms with E-state index in [4.69, 9.17) is 9.47 Å². The van der Waals surface area contributed by atoms with Crippen molar-refractivity contribution in [1.82, 2.24) is 0 Å². The van der Waals surface area contributed by atoms with Gasteiger partial charge in [-0.2, -0.15) is 0 Å². The molecule has 0 aromatic carbocycles. The molecule has 1 fully saturated rings. The molecule has 2 atom stereocenters. The Hall–Kier alpha value is -1.58. The molecule has 1 aliphatic carbocycles. The predicted molar refractivity (Wildman–Crippen MR) is 114 cm³/mol. The maximum Gasteiger partial charge on any atom is 0.309 e. The van der Waals surface area contributed by atoms with Crippen molar-refractivity contribution in [3.8, 4) is 0 Å². The van der Waals surface area contributed by atoms with Crippen LogP contribution in [0.1, 0.15) is 90.9 Å². The summed E-state index contributed by atoms with van der Waals surface area (Å²) in [6.07, 6.45) is 20.1. The molecular weight excluding hydrogens is 352 g/mol. The number of carbonyl (C=O) groups excluding carboxylic acids is 2. The largest absolute Gasteiger partial charge is 0.465 e. The lowest BCUT2D eigenvalue weighted by molar-refractivity contribution is -0.163. The van der Waals surface area contributed by atoms with Crippen LogP contribution in [0, 0.1) is 11.8 Å². The molecule has 0 aromatic rings. The number of hydrogen-bond donors (Lipinski definition) is 0. The van der Waals surface area contributed by atoms with E-state index < -0.39 is 0 Å². The van der Waals surface area contributed by atoms with Crippen LogP contribution in [-0.2, 0) is 19.1 Å². The van der Waals surface area contributed by atoms with Gasteiger partial charge in [-0.25, -0.2) is 0 Å². The van der Waals surface area contributed by atoms with Crippen molar-refractivity contribution in [2.24, 2.45) is 11.8 Å². The average molecular weight is 393 g/mol.